The third kappa shape index (κ3) is 3.74. The molecule has 8 aromatic rings. The van der Waals surface area contributed by atoms with Crippen molar-refractivity contribution in [2.24, 2.45) is 0 Å². The highest BCUT2D eigenvalue weighted by molar-refractivity contribution is 6.16. The van der Waals surface area contributed by atoms with Gasteiger partial charge in [0.05, 0.1) is 22.1 Å². The molecule has 0 aliphatic carbocycles. The summed E-state index contributed by atoms with van der Waals surface area (Å²) in [6, 6.07) is 61.6. The molecule has 0 saturated heterocycles. The zero-order chi connectivity index (χ0) is 30.7. The number of hydrogen-bond acceptors (Lipinski definition) is 1. The van der Waals surface area contributed by atoms with Crippen LogP contribution >= 0.6 is 0 Å². The molecule has 0 amide bonds. The number of benzene rings is 7. The molecule has 0 radical (unpaired) electrons. The quantitative estimate of drug-likeness (QED) is 0.184. The predicted octanol–water partition coefficient (Wildman–Crippen LogP) is 10.4. The molecule has 0 unspecified atom stereocenters. The summed E-state index contributed by atoms with van der Waals surface area (Å²) in [5.41, 5.74) is 11.5. The number of carbonyl (C=O) groups is 1. The van der Waals surface area contributed by atoms with E-state index in [1.54, 1.807) is 0 Å². The summed E-state index contributed by atoms with van der Waals surface area (Å²) in [5.74, 6) is 0.0248. The van der Waals surface area contributed by atoms with Crippen LogP contribution in [-0.2, 0) is 5.41 Å². The lowest BCUT2D eigenvalue weighted by atomic mass is 9.63. The maximum absolute atomic E-state index is 13.9. The third-order valence-electron chi connectivity index (χ3n) is 9.67. The molecule has 1 aliphatic heterocycles. The number of rotatable bonds is 5. The maximum atomic E-state index is 13.9. The van der Waals surface area contributed by atoms with Crippen molar-refractivity contribution >= 4 is 27.6 Å². The molecule has 216 valence electrons. The van der Waals surface area contributed by atoms with Crippen LogP contribution in [0.25, 0.3) is 38.6 Å². The Morgan fingerprint density at radius 3 is 1.72 bits per heavy atom. The van der Waals surface area contributed by atoms with Gasteiger partial charge in [-0.25, -0.2) is 0 Å². The molecule has 0 saturated carbocycles. The van der Waals surface area contributed by atoms with Gasteiger partial charge in [-0.1, -0.05) is 152 Å². The molecule has 2 heterocycles. The van der Waals surface area contributed by atoms with Gasteiger partial charge in [0, 0.05) is 21.9 Å². The second-order valence-corrected chi connectivity index (χ2v) is 12.0. The van der Waals surface area contributed by atoms with Gasteiger partial charge in [0.1, 0.15) is 0 Å². The molecule has 46 heavy (non-hydrogen) atoms. The minimum atomic E-state index is -0.512. The molecule has 0 N–H and O–H groups in total. The minimum Gasteiger partial charge on any atom is -0.309 e. The molecule has 0 spiro atoms. The summed E-state index contributed by atoms with van der Waals surface area (Å²) in [6.07, 6.45) is 0. The maximum Gasteiger partial charge on any atom is 0.193 e. The van der Waals surface area contributed by atoms with Gasteiger partial charge in [-0.15, -0.1) is 0 Å². The van der Waals surface area contributed by atoms with E-state index in [0.717, 1.165) is 33.1 Å². The Kier molecular flexibility index (Phi) is 5.91. The predicted molar refractivity (Wildman–Crippen MR) is 188 cm³/mol. The summed E-state index contributed by atoms with van der Waals surface area (Å²) in [5, 5.41) is 2.22. The molecule has 0 atom stereocenters. The highest BCUT2D eigenvalue weighted by atomic mass is 16.1. The molecule has 0 bridgehead atoms. The van der Waals surface area contributed by atoms with Crippen LogP contribution in [0.15, 0.2) is 176 Å². The number of fused-ring (bicyclic) bond motifs is 5. The summed E-state index contributed by atoms with van der Waals surface area (Å²) in [7, 11) is 0. The van der Waals surface area contributed by atoms with Crippen molar-refractivity contribution < 1.29 is 4.79 Å². The average molecular weight is 588 g/mol. The lowest BCUT2D eigenvalue weighted by molar-refractivity contribution is 0.103. The van der Waals surface area contributed by atoms with Crippen molar-refractivity contribution in [3.05, 3.63) is 209 Å². The molecule has 9 rings (SSSR count). The average Bonchev–Trinajstić information content (AvgIpc) is 3.48. The van der Waals surface area contributed by atoms with Crippen molar-refractivity contribution in [3.8, 4) is 16.8 Å². The fraction of sp³-hybridized carbons (Fsp3) is 0.0227. The van der Waals surface area contributed by atoms with E-state index in [2.05, 4.69) is 132 Å². The minimum absolute atomic E-state index is 0.0248. The lowest BCUT2D eigenvalue weighted by Crippen LogP contribution is -2.35. The van der Waals surface area contributed by atoms with Crippen molar-refractivity contribution in [2.45, 2.75) is 5.41 Å². The largest absolute Gasteiger partial charge is 0.309 e. The van der Waals surface area contributed by atoms with Gasteiger partial charge in [-0.2, -0.15) is 0 Å². The first-order valence-corrected chi connectivity index (χ1v) is 15.7. The number of nitrogens with zero attached hydrogens (tertiary/aromatic N) is 1. The zero-order valence-corrected chi connectivity index (χ0v) is 25.1. The molecule has 2 heteroatoms. The van der Waals surface area contributed by atoms with Crippen LogP contribution in [0, 0.1) is 0 Å². The highest BCUT2D eigenvalue weighted by Crippen LogP contribution is 2.54. The van der Waals surface area contributed by atoms with E-state index in [1.807, 2.05) is 48.5 Å². The van der Waals surface area contributed by atoms with E-state index in [-0.39, 0.29) is 5.78 Å². The van der Waals surface area contributed by atoms with Gasteiger partial charge in [0.25, 0.3) is 0 Å². The van der Waals surface area contributed by atoms with Crippen LogP contribution in [0.1, 0.15) is 38.2 Å². The molecule has 1 aromatic heterocycles. The first kappa shape index (κ1) is 26.4. The Morgan fingerprint density at radius 1 is 0.457 bits per heavy atom. The van der Waals surface area contributed by atoms with Gasteiger partial charge in [-0.05, 0) is 57.6 Å². The second kappa shape index (κ2) is 10.3. The standard InChI is InChI=1S/C44H29NO/c46-43(32-25-23-31(24-26-32)30-13-4-1-5-14-30)33-27-28-40-37(29-33)36-19-12-21-39-42(36)45(40)41-22-11-10-20-38(41)44(39,34-15-6-2-7-16-34)35-17-8-3-9-18-35/h1-29H. The fourth-order valence-corrected chi connectivity index (χ4v) is 7.67. The summed E-state index contributed by atoms with van der Waals surface area (Å²) >= 11 is 0. The fourth-order valence-electron chi connectivity index (χ4n) is 7.67. The first-order valence-electron chi connectivity index (χ1n) is 15.7. The van der Waals surface area contributed by atoms with Crippen molar-refractivity contribution in [1.29, 1.82) is 0 Å². The Hall–Kier alpha value is -5.99. The van der Waals surface area contributed by atoms with E-state index >= 15 is 0 Å². The Balaban J connectivity index is 1.28. The summed E-state index contributed by atoms with van der Waals surface area (Å²) < 4.78 is 2.41. The SMILES string of the molecule is O=C(c1ccc(-c2ccccc2)cc1)c1ccc2c(c1)c1cccc3c1n2-c1ccccc1C3(c1ccccc1)c1ccccc1. The number of ketones is 1. The number of hydrogen-bond donors (Lipinski definition) is 0. The van der Waals surface area contributed by atoms with Crippen molar-refractivity contribution in [1.82, 2.24) is 4.57 Å². The number of para-hydroxylation sites is 2. The molecule has 7 aromatic carbocycles. The van der Waals surface area contributed by atoms with Crippen LogP contribution in [-0.4, -0.2) is 10.4 Å². The van der Waals surface area contributed by atoms with Gasteiger partial charge >= 0.3 is 0 Å². The van der Waals surface area contributed by atoms with Gasteiger partial charge < -0.3 is 4.57 Å². The molecule has 2 nitrogen and oxygen atoms in total. The van der Waals surface area contributed by atoms with Gasteiger partial charge in [0.15, 0.2) is 5.78 Å². The zero-order valence-electron chi connectivity index (χ0n) is 25.1. The van der Waals surface area contributed by atoms with Crippen LogP contribution in [0.5, 0.6) is 0 Å². The van der Waals surface area contributed by atoms with Gasteiger partial charge in [0.2, 0.25) is 0 Å². The second-order valence-electron chi connectivity index (χ2n) is 12.0. The third-order valence-corrected chi connectivity index (χ3v) is 9.67. The number of aromatic nitrogens is 1. The van der Waals surface area contributed by atoms with Crippen LogP contribution in [0.4, 0.5) is 0 Å². The lowest BCUT2D eigenvalue weighted by Gasteiger charge is -2.41. The Morgan fingerprint density at radius 2 is 1.02 bits per heavy atom. The molecular formula is C44H29NO. The van der Waals surface area contributed by atoms with E-state index in [1.165, 1.54) is 27.8 Å². The van der Waals surface area contributed by atoms with Crippen molar-refractivity contribution in [3.63, 3.8) is 0 Å². The monoisotopic (exact) mass is 587 g/mol. The van der Waals surface area contributed by atoms with Gasteiger partial charge in [-0.3, -0.25) is 4.79 Å². The number of carbonyl (C=O) groups excluding carboxylic acids is 1. The Bertz CT molecular complexity index is 2360. The summed E-state index contributed by atoms with van der Waals surface area (Å²) in [4.78, 5) is 13.9. The van der Waals surface area contributed by atoms with E-state index in [0.29, 0.717) is 11.1 Å². The molecular weight excluding hydrogens is 558 g/mol. The topological polar surface area (TPSA) is 22.0 Å². The molecule has 0 fully saturated rings. The van der Waals surface area contributed by atoms with E-state index in [4.69, 9.17) is 0 Å². The van der Waals surface area contributed by atoms with Crippen molar-refractivity contribution in [2.75, 3.05) is 0 Å². The summed E-state index contributed by atoms with van der Waals surface area (Å²) in [6.45, 7) is 0. The van der Waals surface area contributed by atoms with Crippen LogP contribution < -0.4 is 0 Å². The normalized spacial score (nSPS) is 13.0. The first-order chi connectivity index (χ1) is 22.7. The van der Waals surface area contributed by atoms with E-state index in [9.17, 15) is 4.79 Å². The van der Waals surface area contributed by atoms with Crippen LogP contribution in [0.3, 0.4) is 0 Å². The van der Waals surface area contributed by atoms with Crippen LogP contribution in [0.2, 0.25) is 0 Å². The molecule has 1 aliphatic rings. The highest BCUT2D eigenvalue weighted by Gasteiger charge is 2.45. The Labute approximate surface area is 267 Å². The smallest absolute Gasteiger partial charge is 0.193 e. The van der Waals surface area contributed by atoms with E-state index < -0.39 is 5.41 Å².